The summed E-state index contributed by atoms with van der Waals surface area (Å²) in [5.74, 6) is 0. The summed E-state index contributed by atoms with van der Waals surface area (Å²) in [7, 11) is 0. The second-order valence-corrected chi connectivity index (χ2v) is 16.1. The zero-order valence-electron chi connectivity index (χ0n) is 33.1. The monoisotopic (exact) mass is 755 g/mol. The average molecular weight is 756 g/mol. The lowest BCUT2D eigenvalue weighted by Gasteiger charge is -2.27. The molecule has 0 fully saturated rings. The van der Waals surface area contributed by atoms with E-state index in [2.05, 4.69) is 231 Å². The number of benzene rings is 9. The van der Waals surface area contributed by atoms with Crippen molar-refractivity contribution < 1.29 is 4.42 Å². The van der Waals surface area contributed by atoms with Gasteiger partial charge in [-0.3, -0.25) is 0 Å². The zero-order valence-corrected chi connectivity index (χ0v) is 33.1. The lowest BCUT2D eigenvalue weighted by atomic mass is 9.82. The van der Waals surface area contributed by atoms with Gasteiger partial charge in [-0.2, -0.15) is 0 Å². The van der Waals surface area contributed by atoms with Crippen molar-refractivity contribution in [1.29, 1.82) is 0 Å². The van der Waals surface area contributed by atoms with Crippen molar-refractivity contribution >= 4 is 39.0 Å². The molecule has 0 radical (unpaired) electrons. The molecule has 9 aromatic carbocycles. The zero-order chi connectivity index (χ0) is 39.5. The van der Waals surface area contributed by atoms with E-state index >= 15 is 0 Å². The average Bonchev–Trinajstić information content (AvgIpc) is 3.79. The summed E-state index contributed by atoms with van der Waals surface area (Å²) >= 11 is 0. The molecule has 1 aromatic heterocycles. The molecule has 0 unspecified atom stereocenters. The molecule has 1 heterocycles. The summed E-state index contributed by atoms with van der Waals surface area (Å²) in [5, 5.41) is 2.29. The maximum absolute atomic E-state index is 6.63. The number of hydrogen-bond acceptors (Lipinski definition) is 2. The van der Waals surface area contributed by atoms with E-state index in [1.54, 1.807) is 0 Å². The molecule has 11 rings (SSSR count). The molecular weight excluding hydrogens is 715 g/mol. The summed E-state index contributed by atoms with van der Waals surface area (Å²) in [6.07, 6.45) is 0. The minimum atomic E-state index is -0.106. The molecular formula is C57H41NO. The van der Waals surface area contributed by atoms with E-state index in [-0.39, 0.29) is 5.41 Å². The van der Waals surface area contributed by atoms with Crippen LogP contribution in [0, 0.1) is 0 Å². The molecule has 0 bridgehead atoms. The molecule has 0 saturated heterocycles. The van der Waals surface area contributed by atoms with E-state index in [0.717, 1.165) is 33.6 Å². The van der Waals surface area contributed by atoms with Crippen molar-refractivity contribution in [3.8, 4) is 55.6 Å². The Morgan fingerprint density at radius 1 is 0.356 bits per heavy atom. The number of hydrogen-bond donors (Lipinski definition) is 0. The van der Waals surface area contributed by atoms with Crippen LogP contribution in [-0.4, -0.2) is 0 Å². The van der Waals surface area contributed by atoms with E-state index in [0.29, 0.717) is 0 Å². The topological polar surface area (TPSA) is 16.4 Å². The van der Waals surface area contributed by atoms with E-state index in [1.807, 2.05) is 0 Å². The maximum atomic E-state index is 6.63. The van der Waals surface area contributed by atoms with E-state index in [9.17, 15) is 0 Å². The standard InChI is InChI=1S/C57H41NO/c1-57(2)51-21-13-12-20-48(51)55-52(57)33-35-54-56(55)50-37-46(31-34-53(50)59-54)58(44-28-26-41(27-29-44)39-16-8-4-9-17-39)45-30-32-47(49(36-45)42-18-10-5-11-19-42)43-24-22-40(23-25-43)38-14-6-3-7-15-38/h3-37H,1-2H3. The molecule has 2 heteroatoms. The Morgan fingerprint density at radius 2 is 0.847 bits per heavy atom. The SMILES string of the molecule is CC1(C)c2ccccc2-c2c1ccc1oc3ccc(N(c4ccc(-c5ccccc5)cc4)c4ccc(-c5ccc(-c6ccccc6)cc5)c(-c5ccccc5)c4)cc3c21. The van der Waals surface area contributed by atoms with Gasteiger partial charge in [0.25, 0.3) is 0 Å². The summed E-state index contributed by atoms with van der Waals surface area (Å²) in [5.41, 5.74) is 19.7. The highest BCUT2D eigenvalue weighted by atomic mass is 16.3. The maximum Gasteiger partial charge on any atom is 0.136 e. The van der Waals surface area contributed by atoms with E-state index in [1.165, 1.54) is 72.1 Å². The molecule has 1 aliphatic rings. The van der Waals surface area contributed by atoms with Gasteiger partial charge in [0.15, 0.2) is 0 Å². The highest BCUT2D eigenvalue weighted by Gasteiger charge is 2.37. The highest BCUT2D eigenvalue weighted by molar-refractivity contribution is 6.16. The largest absolute Gasteiger partial charge is 0.456 e. The van der Waals surface area contributed by atoms with Crippen molar-refractivity contribution in [2.45, 2.75) is 19.3 Å². The van der Waals surface area contributed by atoms with Crippen LogP contribution in [-0.2, 0) is 5.41 Å². The first-order valence-corrected chi connectivity index (χ1v) is 20.4. The normalized spacial score (nSPS) is 12.7. The van der Waals surface area contributed by atoms with Crippen molar-refractivity contribution in [2.75, 3.05) is 4.90 Å². The quantitative estimate of drug-likeness (QED) is 0.161. The molecule has 0 amide bonds. The van der Waals surface area contributed by atoms with Gasteiger partial charge in [0, 0.05) is 33.2 Å². The third-order valence-corrected chi connectivity index (χ3v) is 12.3. The Hall–Kier alpha value is -7.42. The van der Waals surface area contributed by atoms with Crippen LogP contribution in [0.25, 0.3) is 77.6 Å². The Balaban J connectivity index is 1.10. The smallest absolute Gasteiger partial charge is 0.136 e. The van der Waals surface area contributed by atoms with Crippen molar-refractivity contribution in [3.05, 3.63) is 223 Å². The molecule has 1 aliphatic carbocycles. The van der Waals surface area contributed by atoms with Gasteiger partial charge in [0.1, 0.15) is 11.2 Å². The minimum absolute atomic E-state index is 0.106. The highest BCUT2D eigenvalue weighted by Crippen LogP contribution is 2.53. The number of rotatable bonds is 7. The molecule has 0 atom stereocenters. The van der Waals surface area contributed by atoms with Crippen molar-refractivity contribution in [2.24, 2.45) is 0 Å². The molecule has 2 nitrogen and oxygen atoms in total. The third kappa shape index (κ3) is 5.87. The van der Waals surface area contributed by atoms with E-state index in [4.69, 9.17) is 4.42 Å². The van der Waals surface area contributed by atoms with Crippen LogP contribution in [0.4, 0.5) is 17.1 Å². The molecule has 280 valence electrons. The summed E-state index contributed by atoms with van der Waals surface area (Å²) in [4.78, 5) is 2.39. The van der Waals surface area contributed by atoms with Crippen LogP contribution in [0.15, 0.2) is 217 Å². The Morgan fingerprint density at radius 3 is 1.53 bits per heavy atom. The van der Waals surface area contributed by atoms with Gasteiger partial charge >= 0.3 is 0 Å². The van der Waals surface area contributed by atoms with Gasteiger partial charge in [-0.05, 0) is 115 Å². The van der Waals surface area contributed by atoms with Crippen LogP contribution < -0.4 is 4.90 Å². The Kier molecular flexibility index (Phi) is 8.20. The number of nitrogens with zero attached hydrogens (tertiary/aromatic N) is 1. The predicted octanol–water partition coefficient (Wildman–Crippen LogP) is 16.0. The lowest BCUT2D eigenvalue weighted by Crippen LogP contribution is -2.14. The lowest BCUT2D eigenvalue weighted by molar-refractivity contribution is 0.656. The second kappa shape index (κ2) is 13.9. The van der Waals surface area contributed by atoms with Crippen molar-refractivity contribution in [1.82, 2.24) is 0 Å². The molecule has 0 aliphatic heterocycles. The van der Waals surface area contributed by atoms with Crippen molar-refractivity contribution in [3.63, 3.8) is 0 Å². The number of fused-ring (bicyclic) bond motifs is 7. The molecule has 10 aromatic rings. The third-order valence-electron chi connectivity index (χ3n) is 12.3. The van der Waals surface area contributed by atoms with Crippen LogP contribution >= 0.6 is 0 Å². The predicted molar refractivity (Wildman–Crippen MR) is 248 cm³/mol. The van der Waals surface area contributed by atoms with Crippen LogP contribution in [0.1, 0.15) is 25.0 Å². The van der Waals surface area contributed by atoms with Gasteiger partial charge < -0.3 is 9.32 Å². The first-order valence-electron chi connectivity index (χ1n) is 20.4. The number of furan rings is 1. The molecule has 59 heavy (non-hydrogen) atoms. The summed E-state index contributed by atoms with van der Waals surface area (Å²) < 4.78 is 6.63. The first kappa shape index (κ1) is 34.8. The van der Waals surface area contributed by atoms with Gasteiger partial charge in [-0.15, -0.1) is 0 Å². The second-order valence-electron chi connectivity index (χ2n) is 16.1. The number of anilines is 3. The van der Waals surface area contributed by atoms with Crippen LogP contribution in [0.5, 0.6) is 0 Å². The van der Waals surface area contributed by atoms with Crippen LogP contribution in [0.3, 0.4) is 0 Å². The van der Waals surface area contributed by atoms with E-state index < -0.39 is 0 Å². The fourth-order valence-corrected chi connectivity index (χ4v) is 9.32. The van der Waals surface area contributed by atoms with Gasteiger partial charge in [-0.25, -0.2) is 0 Å². The van der Waals surface area contributed by atoms with Gasteiger partial charge in [-0.1, -0.05) is 178 Å². The molecule has 0 N–H and O–H groups in total. The summed E-state index contributed by atoms with van der Waals surface area (Å²) in [6, 6.07) is 76.7. The van der Waals surface area contributed by atoms with Crippen LogP contribution in [0.2, 0.25) is 0 Å². The van der Waals surface area contributed by atoms with Gasteiger partial charge in [0.05, 0.1) is 0 Å². The fourth-order valence-electron chi connectivity index (χ4n) is 9.32. The molecule has 0 spiro atoms. The van der Waals surface area contributed by atoms with Gasteiger partial charge in [0.2, 0.25) is 0 Å². The Labute approximate surface area is 345 Å². The molecule has 0 saturated carbocycles. The minimum Gasteiger partial charge on any atom is -0.456 e. The Bertz CT molecular complexity index is 3140. The fraction of sp³-hybridized carbons (Fsp3) is 0.0526. The summed E-state index contributed by atoms with van der Waals surface area (Å²) in [6.45, 7) is 4.67. The first-order chi connectivity index (χ1) is 29.0.